The van der Waals surface area contributed by atoms with Crippen molar-refractivity contribution in [2.75, 3.05) is 5.73 Å². The van der Waals surface area contributed by atoms with Crippen LogP contribution in [0, 0.1) is 0 Å². The van der Waals surface area contributed by atoms with Crippen LogP contribution in [0.2, 0.25) is 0 Å². The highest BCUT2D eigenvalue weighted by Gasteiger charge is 2.12. The standard InChI is InChI=1S/C12H11BrN2O3/c13-11-9(3-4-18-11)12(17)15-6-7-5-8(14)1-2-10(7)16/h1-5,16H,6,14H2,(H,15,17). The van der Waals surface area contributed by atoms with E-state index in [2.05, 4.69) is 21.2 Å². The molecule has 0 saturated heterocycles. The summed E-state index contributed by atoms with van der Waals surface area (Å²) in [7, 11) is 0. The fourth-order valence-corrected chi connectivity index (χ4v) is 1.89. The Morgan fingerprint density at radius 2 is 2.22 bits per heavy atom. The van der Waals surface area contributed by atoms with Crippen LogP contribution in [0.25, 0.3) is 0 Å². The molecule has 2 aromatic rings. The molecule has 5 nitrogen and oxygen atoms in total. The van der Waals surface area contributed by atoms with Gasteiger partial charge in [-0.1, -0.05) is 0 Å². The molecule has 0 fully saturated rings. The van der Waals surface area contributed by atoms with Crippen LogP contribution in [0.15, 0.2) is 39.6 Å². The minimum absolute atomic E-state index is 0.0933. The number of carbonyl (C=O) groups is 1. The summed E-state index contributed by atoms with van der Waals surface area (Å²) in [5.74, 6) is -0.201. The quantitative estimate of drug-likeness (QED) is 0.599. The van der Waals surface area contributed by atoms with Gasteiger partial charge >= 0.3 is 0 Å². The molecule has 1 aromatic carbocycles. The summed E-state index contributed by atoms with van der Waals surface area (Å²) < 4.78 is 5.34. The Balaban J connectivity index is 2.06. The molecular formula is C12H11BrN2O3. The number of benzene rings is 1. The number of phenols is 1. The van der Waals surface area contributed by atoms with Crippen molar-refractivity contribution >= 4 is 27.5 Å². The third kappa shape index (κ3) is 2.65. The second-order valence-corrected chi connectivity index (χ2v) is 4.40. The average molecular weight is 311 g/mol. The Morgan fingerprint density at radius 3 is 2.89 bits per heavy atom. The molecule has 0 saturated carbocycles. The van der Waals surface area contributed by atoms with Gasteiger partial charge in [-0.15, -0.1) is 0 Å². The summed E-state index contributed by atoms with van der Waals surface area (Å²) in [4.78, 5) is 11.8. The minimum Gasteiger partial charge on any atom is -0.508 e. The molecule has 94 valence electrons. The van der Waals surface area contributed by atoms with Gasteiger partial charge in [-0.05, 0) is 40.2 Å². The molecule has 1 heterocycles. The van der Waals surface area contributed by atoms with Crippen molar-refractivity contribution in [3.8, 4) is 5.75 Å². The third-order valence-electron chi connectivity index (χ3n) is 2.41. The number of rotatable bonds is 3. The average Bonchev–Trinajstić information content (AvgIpc) is 2.76. The van der Waals surface area contributed by atoms with Crippen LogP contribution in [0.5, 0.6) is 5.75 Å². The number of nitrogen functional groups attached to an aromatic ring is 1. The van der Waals surface area contributed by atoms with E-state index in [9.17, 15) is 9.90 Å². The van der Waals surface area contributed by atoms with E-state index in [1.54, 1.807) is 18.2 Å². The maximum Gasteiger partial charge on any atom is 0.256 e. The Hall–Kier alpha value is -1.95. The number of aromatic hydroxyl groups is 1. The van der Waals surface area contributed by atoms with Crippen LogP contribution in [-0.2, 0) is 6.54 Å². The van der Waals surface area contributed by atoms with Crippen molar-refractivity contribution < 1.29 is 14.3 Å². The number of phenolic OH excluding ortho intramolecular Hbond substituents is 1. The monoisotopic (exact) mass is 310 g/mol. The minimum atomic E-state index is -0.294. The Bertz CT molecular complexity index is 580. The van der Waals surface area contributed by atoms with Crippen LogP contribution in [0.1, 0.15) is 15.9 Å². The fraction of sp³-hybridized carbons (Fsp3) is 0.0833. The summed E-state index contributed by atoms with van der Waals surface area (Å²) in [5.41, 5.74) is 7.10. The van der Waals surface area contributed by atoms with Gasteiger partial charge in [0, 0.05) is 17.8 Å². The lowest BCUT2D eigenvalue weighted by atomic mass is 10.1. The number of amides is 1. The molecular weight excluding hydrogens is 300 g/mol. The molecule has 4 N–H and O–H groups in total. The van der Waals surface area contributed by atoms with Crippen molar-refractivity contribution in [2.45, 2.75) is 6.54 Å². The summed E-state index contributed by atoms with van der Waals surface area (Å²) in [6.07, 6.45) is 1.41. The molecule has 1 amide bonds. The van der Waals surface area contributed by atoms with Gasteiger partial charge in [-0.3, -0.25) is 4.79 Å². The lowest BCUT2D eigenvalue weighted by molar-refractivity contribution is 0.0949. The molecule has 2 rings (SSSR count). The second-order valence-electron chi connectivity index (χ2n) is 3.68. The zero-order valence-corrected chi connectivity index (χ0v) is 10.9. The molecule has 0 aliphatic carbocycles. The normalized spacial score (nSPS) is 10.3. The summed E-state index contributed by atoms with van der Waals surface area (Å²) in [6.45, 7) is 0.188. The zero-order valence-electron chi connectivity index (χ0n) is 9.31. The maximum atomic E-state index is 11.8. The van der Waals surface area contributed by atoms with E-state index in [1.165, 1.54) is 12.3 Å². The van der Waals surface area contributed by atoms with Crippen molar-refractivity contribution in [1.82, 2.24) is 5.32 Å². The molecule has 6 heteroatoms. The van der Waals surface area contributed by atoms with Gasteiger partial charge in [0.1, 0.15) is 5.75 Å². The Morgan fingerprint density at radius 1 is 1.44 bits per heavy atom. The number of nitrogens with two attached hydrogens (primary N) is 1. The van der Waals surface area contributed by atoms with Crippen LogP contribution >= 0.6 is 15.9 Å². The highest BCUT2D eigenvalue weighted by Crippen LogP contribution is 2.20. The van der Waals surface area contributed by atoms with Crippen LogP contribution < -0.4 is 11.1 Å². The first kappa shape index (κ1) is 12.5. The van der Waals surface area contributed by atoms with Gasteiger partial charge in [-0.25, -0.2) is 0 Å². The van der Waals surface area contributed by atoms with E-state index >= 15 is 0 Å². The number of hydrogen-bond donors (Lipinski definition) is 3. The number of furan rings is 1. The predicted molar refractivity (Wildman–Crippen MR) is 70.1 cm³/mol. The van der Waals surface area contributed by atoms with Gasteiger partial charge in [0.2, 0.25) is 0 Å². The molecule has 0 spiro atoms. The number of nitrogens with one attached hydrogen (secondary N) is 1. The molecule has 0 atom stereocenters. The van der Waals surface area contributed by atoms with Crippen LogP contribution in [0.3, 0.4) is 0 Å². The van der Waals surface area contributed by atoms with Crippen molar-refractivity contribution in [3.05, 3.63) is 46.3 Å². The number of carbonyl (C=O) groups excluding carboxylic acids is 1. The van der Waals surface area contributed by atoms with E-state index in [0.717, 1.165) is 0 Å². The van der Waals surface area contributed by atoms with Gasteiger partial charge in [0.25, 0.3) is 5.91 Å². The first-order chi connectivity index (χ1) is 8.58. The summed E-state index contributed by atoms with van der Waals surface area (Å²) in [6, 6.07) is 6.25. The van der Waals surface area contributed by atoms with Crippen molar-refractivity contribution in [2.24, 2.45) is 0 Å². The largest absolute Gasteiger partial charge is 0.508 e. The van der Waals surface area contributed by atoms with Gasteiger partial charge in [-0.2, -0.15) is 0 Å². The van der Waals surface area contributed by atoms with Gasteiger partial charge in [0.05, 0.1) is 11.8 Å². The molecule has 18 heavy (non-hydrogen) atoms. The molecule has 1 aromatic heterocycles. The fourth-order valence-electron chi connectivity index (χ4n) is 1.47. The molecule has 0 aliphatic rings. The van der Waals surface area contributed by atoms with Crippen LogP contribution in [-0.4, -0.2) is 11.0 Å². The number of hydrogen-bond acceptors (Lipinski definition) is 4. The zero-order chi connectivity index (χ0) is 13.1. The molecule has 0 unspecified atom stereocenters. The lowest BCUT2D eigenvalue weighted by Crippen LogP contribution is -2.22. The van der Waals surface area contributed by atoms with Crippen molar-refractivity contribution in [3.63, 3.8) is 0 Å². The Kier molecular flexibility index (Phi) is 3.57. The summed E-state index contributed by atoms with van der Waals surface area (Å²) in [5, 5.41) is 12.3. The van der Waals surface area contributed by atoms with Gasteiger partial charge < -0.3 is 20.6 Å². The number of anilines is 1. The maximum absolute atomic E-state index is 11.8. The smallest absolute Gasteiger partial charge is 0.256 e. The molecule has 0 radical (unpaired) electrons. The second kappa shape index (κ2) is 5.14. The molecule has 0 bridgehead atoms. The van der Waals surface area contributed by atoms with E-state index in [4.69, 9.17) is 10.2 Å². The first-order valence-corrected chi connectivity index (χ1v) is 5.96. The highest BCUT2D eigenvalue weighted by atomic mass is 79.9. The van der Waals surface area contributed by atoms with E-state index < -0.39 is 0 Å². The van der Waals surface area contributed by atoms with Gasteiger partial charge in [0.15, 0.2) is 4.67 Å². The molecule has 0 aliphatic heterocycles. The first-order valence-electron chi connectivity index (χ1n) is 5.16. The summed E-state index contributed by atoms with van der Waals surface area (Å²) >= 11 is 3.12. The lowest BCUT2D eigenvalue weighted by Gasteiger charge is -2.07. The Labute approximate surface area is 112 Å². The van der Waals surface area contributed by atoms with Crippen LogP contribution in [0.4, 0.5) is 5.69 Å². The third-order valence-corrected chi connectivity index (χ3v) is 3.02. The van der Waals surface area contributed by atoms with Crippen molar-refractivity contribution in [1.29, 1.82) is 0 Å². The van der Waals surface area contributed by atoms with E-state index in [1.807, 2.05) is 0 Å². The SMILES string of the molecule is Nc1ccc(O)c(CNC(=O)c2ccoc2Br)c1. The van der Waals surface area contributed by atoms with E-state index in [-0.39, 0.29) is 18.2 Å². The predicted octanol–water partition coefficient (Wildman–Crippen LogP) is 2.26. The van der Waals surface area contributed by atoms with E-state index in [0.29, 0.717) is 21.5 Å². The highest BCUT2D eigenvalue weighted by molar-refractivity contribution is 9.10. The number of halogens is 1. The topological polar surface area (TPSA) is 88.5 Å².